The molecular formula is C22H19F4N6OP. The summed E-state index contributed by atoms with van der Waals surface area (Å²) >= 11 is 0. The molecule has 1 N–H and O–H groups in total. The van der Waals surface area contributed by atoms with Crippen molar-refractivity contribution in [2.75, 3.05) is 12.1 Å². The van der Waals surface area contributed by atoms with Crippen molar-refractivity contribution in [1.82, 2.24) is 14.5 Å². The van der Waals surface area contributed by atoms with Crippen LogP contribution in [0.2, 0.25) is 0 Å². The molecule has 2 heterocycles. The number of benzene rings is 2. The van der Waals surface area contributed by atoms with E-state index in [9.17, 15) is 22.1 Å². The molecule has 0 saturated heterocycles. The maximum atomic E-state index is 14.6. The van der Waals surface area contributed by atoms with Crippen molar-refractivity contribution in [1.29, 1.82) is 5.26 Å². The molecule has 1 aliphatic heterocycles. The van der Waals surface area contributed by atoms with Crippen LogP contribution in [-0.2, 0) is 17.3 Å². The molecule has 0 aliphatic carbocycles. The van der Waals surface area contributed by atoms with E-state index in [1.165, 1.54) is 58.9 Å². The second-order valence-electron chi connectivity index (χ2n) is 7.59. The highest BCUT2D eigenvalue weighted by Gasteiger charge is 2.44. The summed E-state index contributed by atoms with van der Waals surface area (Å²) in [6.45, 7) is 1.73. The number of para-hydroxylation sites is 1. The number of anilines is 1. The summed E-state index contributed by atoms with van der Waals surface area (Å²) in [6.07, 6.45) is -4.58. The molecule has 34 heavy (non-hydrogen) atoms. The minimum absolute atomic E-state index is 0.0967. The van der Waals surface area contributed by atoms with E-state index in [-0.39, 0.29) is 35.6 Å². The fourth-order valence-corrected chi connectivity index (χ4v) is 6.20. The summed E-state index contributed by atoms with van der Waals surface area (Å²) < 4.78 is 71.8. The van der Waals surface area contributed by atoms with Gasteiger partial charge < -0.3 is 5.09 Å². The van der Waals surface area contributed by atoms with Crippen LogP contribution in [0, 0.1) is 24.1 Å². The van der Waals surface area contributed by atoms with E-state index in [2.05, 4.69) is 15.2 Å². The number of amidine groups is 1. The van der Waals surface area contributed by atoms with Gasteiger partial charge in [-0.2, -0.15) is 23.5 Å². The predicted octanol–water partition coefficient (Wildman–Crippen LogP) is 5.22. The molecule has 12 heteroatoms. The van der Waals surface area contributed by atoms with Gasteiger partial charge in [0.2, 0.25) is 0 Å². The molecule has 0 bridgehead atoms. The number of alkyl halides is 3. The Bertz CT molecular complexity index is 1360. The summed E-state index contributed by atoms with van der Waals surface area (Å²) in [5, 5.41) is 16.1. The highest BCUT2D eigenvalue weighted by Crippen LogP contribution is 2.55. The number of aryl methyl sites for hydroxylation is 2. The molecule has 176 valence electrons. The lowest BCUT2D eigenvalue weighted by molar-refractivity contribution is -0.136. The molecule has 1 aromatic heterocycles. The van der Waals surface area contributed by atoms with Crippen LogP contribution in [0.3, 0.4) is 0 Å². The van der Waals surface area contributed by atoms with Crippen molar-refractivity contribution in [3.63, 3.8) is 0 Å². The molecule has 1 aliphatic rings. The Morgan fingerprint density at radius 1 is 1.15 bits per heavy atom. The lowest BCUT2D eigenvalue weighted by Gasteiger charge is -2.35. The van der Waals surface area contributed by atoms with Crippen LogP contribution in [0.25, 0.3) is 0 Å². The van der Waals surface area contributed by atoms with Crippen molar-refractivity contribution >= 4 is 30.1 Å². The molecule has 7 nitrogen and oxygen atoms in total. The molecule has 0 fully saturated rings. The molecule has 0 spiro atoms. The predicted molar refractivity (Wildman–Crippen MR) is 120 cm³/mol. The first-order valence-corrected chi connectivity index (χ1v) is 11.8. The van der Waals surface area contributed by atoms with E-state index in [0.717, 1.165) is 6.07 Å². The smallest absolute Gasteiger partial charge is 0.316 e. The summed E-state index contributed by atoms with van der Waals surface area (Å²) in [7, 11) is -2.56. The summed E-state index contributed by atoms with van der Waals surface area (Å²) in [5.74, 6) is -0.157. The van der Waals surface area contributed by atoms with Crippen LogP contribution in [0.5, 0.6) is 0 Å². The van der Waals surface area contributed by atoms with E-state index >= 15 is 0 Å². The van der Waals surface area contributed by atoms with Crippen LogP contribution < -0.4 is 10.4 Å². The number of nitriles is 1. The largest absolute Gasteiger partial charge is 0.418 e. The minimum Gasteiger partial charge on any atom is -0.316 e. The van der Waals surface area contributed by atoms with E-state index < -0.39 is 25.0 Å². The van der Waals surface area contributed by atoms with Crippen molar-refractivity contribution < 1.29 is 22.1 Å². The highest BCUT2D eigenvalue weighted by molar-refractivity contribution is 7.72. The van der Waals surface area contributed by atoms with Gasteiger partial charge >= 0.3 is 6.18 Å². The number of hydrogen-bond donors (Lipinski definition) is 1. The number of aliphatic imine (C=N–C) groups is 1. The molecule has 3 aromatic rings. The first kappa shape index (κ1) is 23.5. The van der Waals surface area contributed by atoms with Crippen LogP contribution in [-0.4, -0.2) is 27.3 Å². The Kier molecular flexibility index (Phi) is 5.96. The van der Waals surface area contributed by atoms with Gasteiger partial charge in [0.25, 0.3) is 7.44 Å². The molecule has 0 radical (unpaired) electrons. The molecule has 0 saturated carbocycles. The quantitative estimate of drug-likeness (QED) is 0.392. The Balaban J connectivity index is 1.93. The number of nitrogens with one attached hydrogen (secondary N) is 1. The lowest BCUT2D eigenvalue weighted by atomic mass is 10.2. The SMILES string of the molecule is Cc1nn(CCC#N)c2c1P(=O)(Nc1ccccc1C(F)(F)F)N(C)C(c1ccc(F)cc1)=N2. The van der Waals surface area contributed by atoms with Gasteiger partial charge in [-0.25, -0.2) is 14.1 Å². The Hall–Kier alpha value is -3.64. The van der Waals surface area contributed by atoms with Gasteiger partial charge in [0, 0.05) is 12.6 Å². The summed E-state index contributed by atoms with van der Waals surface area (Å²) in [5.41, 5.74) is -0.616. The fraction of sp³-hybridized carbons (Fsp3) is 0.227. The molecule has 0 amide bonds. The number of aromatic nitrogens is 2. The number of hydrogen-bond acceptors (Lipinski definition) is 4. The Morgan fingerprint density at radius 2 is 1.82 bits per heavy atom. The standard InChI is InChI=1S/C22H19F4N6OP/c1-14-19-21(32(29-14)13-5-12-27)28-20(15-8-10-16(23)11-9-15)31(2)34(19,33)30-18-7-4-3-6-17(18)22(24,25)26/h3-4,6-11H,5,13H2,1-2H3,(H,30,33). The lowest BCUT2D eigenvalue weighted by Crippen LogP contribution is -2.37. The second-order valence-corrected chi connectivity index (χ2v) is 10.0. The van der Waals surface area contributed by atoms with Crippen molar-refractivity contribution in [3.8, 4) is 6.07 Å². The third kappa shape index (κ3) is 4.05. The summed E-state index contributed by atoms with van der Waals surface area (Å²) in [6, 6.07) is 12.0. The molecular weight excluding hydrogens is 471 g/mol. The first-order chi connectivity index (χ1) is 16.1. The Labute approximate surface area is 192 Å². The van der Waals surface area contributed by atoms with Gasteiger partial charge in [-0.3, -0.25) is 9.24 Å². The van der Waals surface area contributed by atoms with E-state index in [4.69, 9.17) is 5.26 Å². The monoisotopic (exact) mass is 490 g/mol. The maximum absolute atomic E-state index is 14.6. The number of fused-ring (bicyclic) bond motifs is 1. The van der Waals surface area contributed by atoms with Gasteiger partial charge in [0.05, 0.1) is 36.0 Å². The third-order valence-electron chi connectivity index (χ3n) is 5.36. The number of rotatable bonds is 5. The highest BCUT2D eigenvalue weighted by atomic mass is 31.2. The first-order valence-electron chi connectivity index (χ1n) is 10.1. The minimum atomic E-state index is -4.68. The van der Waals surface area contributed by atoms with Crippen molar-refractivity contribution in [3.05, 3.63) is 71.2 Å². The number of nitrogens with zero attached hydrogens (tertiary/aromatic N) is 5. The molecule has 1 unspecified atom stereocenters. The van der Waals surface area contributed by atoms with E-state index in [0.29, 0.717) is 11.3 Å². The van der Waals surface area contributed by atoms with E-state index in [1.807, 2.05) is 6.07 Å². The second kappa shape index (κ2) is 8.61. The Morgan fingerprint density at radius 3 is 2.47 bits per heavy atom. The average Bonchev–Trinajstić information content (AvgIpc) is 3.11. The summed E-state index contributed by atoms with van der Waals surface area (Å²) in [4.78, 5) is 4.58. The average molecular weight is 490 g/mol. The molecule has 4 rings (SSSR count). The van der Waals surface area contributed by atoms with Crippen LogP contribution in [0.15, 0.2) is 53.5 Å². The topological polar surface area (TPSA) is 86.3 Å². The normalized spacial score (nSPS) is 17.7. The van der Waals surface area contributed by atoms with Crippen LogP contribution in [0.1, 0.15) is 23.2 Å². The van der Waals surface area contributed by atoms with Gasteiger partial charge in [-0.05, 0) is 43.3 Å². The van der Waals surface area contributed by atoms with Crippen LogP contribution >= 0.6 is 7.44 Å². The van der Waals surface area contributed by atoms with Crippen molar-refractivity contribution in [2.45, 2.75) is 26.1 Å². The molecule has 1 atom stereocenters. The zero-order valence-electron chi connectivity index (χ0n) is 18.1. The fourth-order valence-electron chi connectivity index (χ4n) is 3.77. The van der Waals surface area contributed by atoms with E-state index in [1.54, 1.807) is 6.92 Å². The van der Waals surface area contributed by atoms with Gasteiger partial charge in [0.15, 0.2) is 5.82 Å². The van der Waals surface area contributed by atoms with Gasteiger partial charge in [-0.1, -0.05) is 12.1 Å². The maximum Gasteiger partial charge on any atom is 0.418 e. The number of halogens is 4. The molecule has 2 aromatic carbocycles. The van der Waals surface area contributed by atoms with Gasteiger partial charge in [-0.15, -0.1) is 0 Å². The van der Waals surface area contributed by atoms with Crippen molar-refractivity contribution in [2.24, 2.45) is 4.99 Å². The zero-order valence-corrected chi connectivity index (χ0v) is 19.0. The third-order valence-corrected chi connectivity index (χ3v) is 8.06. The van der Waals surface area contributed by atoms with Gasteiger partial charge in [0.1, 0.15) is 17.0 Å². The van der Waals surface area contributed by atoms with Crippen LogP contribution in [0.4, 0.5) is 29.1 Å². The zero-order chi connectivity index (χ0) is 24.7.